The Bertz CT molecular complexity index is 641. The predicted octanol–water partition coefficient (Wildman–Crippen LogP) is 4.43. The van der Waals surface area contributed by atoms with Crippen LogP contribution in [0.2, 0.25) is 0 Å². The predicted molar refractivity (Wildman–Crippen MR) is 106 cm³/mol. The normalized spacial score (nSPS) is 13.4. The maximum absolute atomic E-state index is 12.8. The number of hydrogen-bond acceptors (Lipinski definition) is 5. The number of benzene rings is 1. The van der Waals surface area contributed by atoms with E-state index in [1.807, 2.05) is 34.6 Å². The molecular weight excluding hydrogens is 346 g/mol. The van der Waals surface area contributed by atoms with Gasteiger partial charge in [-0.15, -0.1) is 0 Å². The van der Waals surface area contributed by atoms with Crippen LogP contribution in [-0.4, -0.2) is 36.8 Å². The summed E-state index contributed by atoms with van der Waals surface area (Å²) >= 11 is 0. The van der Waals surface area contributed by atoms with Crippen LogP contribution in [0, 0.1) is 5.92 Å². The summed E-state index contributed by atoms with van der Waals surface area (Å²) in [5.74, 6) is -0.00945. The zero-order chi connectivity index (χ0) is 20.6. The molecule has 0 aliphatic rings. The van der Waals surface area contributed by atoms with Gasteiger partial charge in [-0.05, 0) is 65.2 Å². The molecule has 0 unspecified atom stereocenters. The van der Waals surface area contributed by atoms with Crippen LogP contribution in [-0.2, 0) is 14.3 Å². The molecule has 0 aliphatic heterocycles. The first-order valence-corrected chi connectivity index (χ1v) is 9.56. The molecule has 1 aromatic rings. The number of carbonyl (C=O) groups is 2. The van der Waals surface area contributed by atoms with E-state index in [1.54, 1.807) is 32.0 Å². The Morgan fingerprint density at radius 2 is 1.78 bits per heavy atom. The lowest BCUT2D eigenvalue weighted by atomic mass is 9.93. The molecular formula is C21H33NO5. The summed E-state index contributed by atoms with van der Waals surface area (Å²) in [6.07, 6.45) is 0.497. The lowest BCUT2D eigenvalue weighted by Gasteiger charge is -2.30. The number of hydrogen-bond donors (Lipinski definition) is 1. The van der Waals surface area contributed by atoms with Crippen molar-refractivity contribution in [2.45, 2.75) is 66.6 Å². The number of carbonyl (C=O) groups excluding carboxylic acids is 2. The Labute approximate surface area is 162 Å². The largest absolute Gasteiger partial charge is 0.490 e. The van der Waals surface area contributed by atoms with Gasteiger partial charge in [-0.25, -0.2) is 4.79 Å². The molecule has 1 aromatic carbocycles. The van der Waals surface area contributed by atoms with Crippen LogP contribution in [0.3, 0.4) is 0 Å². The highest BCUT2D eigenvalue weighted by molar-refractivity contribution is 5.99. The van der Waals surface area contributed by atoms with Gasteiger partial charge in [-0.3, -0.25) is 4.79 Å². The maximum atomic E-state index is 12.8. The van der Waals surface area contributed by atoms with E-state index < -0.39 is 11.6 Å². The van der Waals surface area contributed by atoms with Gasteiger partial charge in [0.15, 0.2) is 0 Å². The molecule has 0 fully saturated rings. The third-order valence-electron chi connectivity index (χ3n) is 3.84. The molecule has 0 radical (unpaired) electrons. The van der Waals surface area contributed by atoms with Crippen molar-refractivity contribution in [3.05, 3.63) is 23.8 Å². The van der Waals surface area contributed by atoms with Crippen LogP contribution in [0.25, 0.3) is 0 Å². The van der Waals surface area contributed by atoms with Gasteiger partial charge >= 0.3 is 5.97 Å². The number of ether oxygens (including phenoxy) is 3. The first-order chi connectivity index (χ1) is 12.6. The van der Waals surface area contributed by atoms with Crippen molar-refractivity contribution < 1.29 is 23.8 Å². The van der Waals surface area contributed by atoms with Crippen molar-refractivity contribution in [1.82, 2.24) is 0 Å². The van der Waals surface area contributed by atoms with E-state index in [-0.39, 0.29) is 24.2 Å². The van der Waals surface area contributed by atoms with Gasteiger partial charge in [0.05, 0.1) is 12.7 Å². The fourth-order valence-corrected chi connectivity index (χ4v) is 2.91. The van der Waals surface area contributed by atoms with Gasteiger partial charge in [-0.2, -0.15) is 0 Å². The molecule has 1 atom stereocenters. The Kier molecular flexibility index (Phi) is 8.76. The second kappa shape index (κ2) is 10.3. The fourth-order valence-electron chi connectivity index (χ4n) is 2.91. The lowest BCUT2D eigenvalue weighted by molar-refractivity contribution is -0.140. The molecule has 6 nitrogen and oxygen atoms in total. The van der Waals surface area contributed by atoms with Crippen LogP contribution >= 0.6 is 0 Å². The molecule has 6 heteroatoms. The minimum absolute atomic E-state index is 0.0918. The molecule has 0 saturated carbocycles. The minimum Gasteiger partial charge on any atom is -0.490 e. The molecule has 152 valence electrons. The third kappa shape index (κ3) is 6.86. The first-order valence-electron chi connectivity index (χ1n) is 9.56. The van der Waals surface area contributed by atoms with Crippen LogP contribution in [0.15, 0.2) is 18.2 Å². The van der Waals surface area contributed by atoms with Crippen molar-refractivity contribution in [3.8, 4) is 5.75 Å². The molecule has 0 heterocycles. The molecule has 0 bridgehead atoms. The average molecular weight is 379 g/mol. The van der Waals surface area contributed by atoms with Gasteiger partial charge in [0.2, 0.25) is 0 Å². The Morgan fingerprint density at radius 3 is 2.30 bits per heavy atom. The van der Waals surface area contributed by atoms with Crippen molar-refractivity contribution in [2.24, 2.45) is 5.92 Å². The zero-order valence-corrected chi connectivity index (χ0v) is 17.5. The number of esters is 1. The minimum atomic E-state index is -0.944. The monoisotopic (exact) mass is 379 g/mol. The van der Waals surface area contributed by atoms with Crippen LogP contribution in [0.4, 0.5) is 5.69 Å². The second-order valence-electron chi connectivity index (χ2n) is 7.31. The van der Waals surface area contributed by atoms with Crippen molar-refractivity contribution >= 4 is 17.6 Å². The Hall–Kier alpha value is -2.08. The van der Waals surface area contributed by atoms with Gasteiger partial charge in [-0.1, -0.05) is 13.8 Å². The Balaban J connectivity index is 3.13. The van der Waals surface area contributed by atoms with E-state index in [9.17, 15) is 9.59 Å². The summed E-state index contributed by atoms with van der Waals surface area (Å²) in [7, 11) is 0. The maximum Gasteiger partial charge on any atom is 0.341 e. The molecule has 1 rings (SSSR count). The zero-order valence-electron chi connectivity index (χ0n) is 17.5. The molecule has 0 saturated heterocycles. The first kappa shape index (κ1) is 23.0. The standard InChI is InChI=1S/C21H33NO5/c1-8-25-19(23)17-12-16(10-11-18(17)27-15(5)6)22-20(24)21(7,26-9-2)13-14(3)4/h10-12,14-15H,8-9,13H2,1-7H3,(H,22,24)/t21-/m0/s1. The Morgan fingerprint density at radius 1 is 1.11 bits per heavy atom. The van der Waals surface area contributed by atoms with Gasteiger partial charge in [0.1, 0.15) is 16.9 Å². The van der Waals surface area contributed by atoms with E-state index >= 15 is 0 Å². The summed E-state index contributed by atoms with van der Waals surface area (Å²) < 4.78 is 16.5. The van der Waals surface area contributed by atoms with E-state index in [2.05, 4.69) is 5.32 Å². The summed E-state index contributed by atoms with van der Waals surface area (Å²) in [4.78, 5) is 25.1. The molecule has 0 aliphatic carbocycles. The lowest BCUT2D eigenvalue weighted by Crippen LogP contribution is -2.44. The highest BCUT2D eigenvalue weighted by Crippen LogP contribution is 2.27. The summed E-state index contributed by atoms with van der Waals surface area (Å²) in [5, 5.41) is 2.86. The third-order valence-corrected chi connectivity index (χ3v) is 3.84. The smallest absolute Gasteiger partial charge is 0.341 e. The topological polar surface area (TPSA) is 73.9 Å². The van der Waals surface area contributed by atoms with Gasteiger partial charge in [0.25, 0.3) is 5.91 Å². The van der Waals surface area contributed by atoms with Gasteiger partial charge < -0.3 is 19.5 Å². The molecule has 0 aromatic heterocycles. The van der Waals surface area contributed by atoms with E-state index in [0.717, 1.165) is 0 Å². The highest BCUT2D eigenvalue weighted by atomic mass is 16.5. The SMILES string of the molecule is CCOC(=O)c1cc(NC(=O)[C@](C)(CC(C)C)OCC)ccc1OC(C)C. The molecule has 1 N–H and O–H groups in total. The van der Waals surface area contributed by atoms with E-state index in [4.69, 9.17) is 14.2 Å². The van der Waals surface area contributed by atoms with Crippen LogP contribution < -0.4 is 10.1 Å². The van der Waals surface area contributed by atoms with Crippen molar-refractivity contribution in [2.75, 3.05) is 18.5 Å². The summed E-state index contributed by atoms with van der Waals surface area (Å²) in [6, 6.07) is 4.96. The summed E-state index contributed by atoms with van der Waals surface area (Å²) in [5.41, 5.74) is -0.167. The van der Waals surface area contributed by atoms with Crippen molar-refractivity contribution in [1.29, 1.82) is 0 Å². The molecule has 1 amide bonds. The number of rotatable bonds is 10. The second-order valence-corrected chi connectivity index (χ2v) is 7.31. The number of amides is 1. The van der Waals surface area contributed by atoms with Crippen molar-refractivity contribution in [3.63, 3.8) is 0 Å². The van der Waals surface area contributed by atoms with E-state index in [0.29, 0.717) is 30.4 Å². The van der Waals surface area contributed by atoms with Crippen LogP contribution in [0.5, 0.6) is 5.75 Å². The van der Waals surface area contributed by atoms with Gasteiger partial charge in [0, 0.05) is 12.3 Å². The highest BCUT2D eigenvalue weighted by Gasteiger charge is 2.35. The summed E-state index contributed by atoms with van der Waals surface area (Å²) in [6.45, 7) is 13.9. The average Bonchev–Trinajstić information content (AvgIpc) is 2.55. The van der Waals surface area contributed by atoms with Crippen LogP contribution in [0.1, 0.15) is 65.2 Å². The quantitative estimate of drug-likeness (QED) is 0.609. The fraction of sp³-hybridized carbons (Fsp3) is 0.619. The number of anilines is 1. The van der Waals surface area contributed by atoms with E-state index in [1.165, 1.54) is 0 Å². The molecule has 0 spiro atoms. The molecule has 27 heavy (non-hydrogen) atoms. The number of nitrogens with one attached hydrogen (secondary N) is 1.